The molecule has 2 aromatic rings. The van der Waals surface area contributed by atoms with Gasteiger partial charge < -0.3 is 10.2 Å². The fraction of sp³-hybridized carbons (Fsp3) is 0.500. The number of nitrogens with one attached hydrogen (secondary N) is 2. The number of piperazine rings is 1. The van der Waals surface area contributed by atoms with Crippen molar-refractivity contribution in [2.24, 2.45) is 0 Å². The van der Waals surface area contributed by atoms with Crippen LogP contribution in [0.5, 0.6) is 0 Å². The highest BCUT2D eigenvalue weighted by Crippen LogP contribution is 2.17. The average molecular weight is 272 g/mol. The van der Waals surface area contributed by atoms with E-state index in [1.807, 2.05) is 25.1 Å². The number of hydrogen-bond acceptors (Lipinski definition) is 5. The summed E-state index contributed by atoms with van der Waals surface area (Å²) in [5, 5.41) is 10.8. The molecule has 1 saturated heterocycles. The molecule has 6 nitrogen and oxygen atoms in total. The predicted molar refractivity (Wildman–Crippen MR) is 78.6 cm³/mol. The van der Waals surface area contributed by atoms with Crippen molar-refractivity contribution in [2.45, 2.75) is 32.9 Å². The Morgan fingerprint density at radius 1 is 1.15 bits per heavy atom. The van der Waals surface area contributed by atoms with Crippen LogP contribution in [0.3, 0.4) is 0 Å². The minimum Gasteiger partial charge on any atom is -0.336 e. The Bertz CT molecular complexity index is 583. The van der Waals surface area contributed by atoms with Gasteiger partial charge in [0.25, 0.3) is 0 Å². The van der Waals surface area contributed by atoms with Gasteiger partial charge in [0.05, 0.1) is 0 Å². The van der Waals surface area contributed by atoms with Crippen LogP contribution in [0.15, 0.2) is 18.2 Å². The third-order valence-electron chi connectivity index (χ3n) is 3.44. The quantitative estimate of drug-likeness (QED) is 0.864. The molecular formula is C14H20N6. The lowest BCUT2D eigenvalue weighted by Gasteiger charge is -2.35. The maximum atomic E-state index is 4.58. The van der Waals surface area contributed by atoms with Crippen molar-refractivity contribution in [1.82, 2.24) is 25.5 Å². The molecule has 0 saturated carbocycles. The summed E-state index contributed by atoms with van der Waals surface area (Å²) in [6, 6.07) is 6.78. The molecule has 6 heteroatoms. The molecular weight excluding hydrogens is 252 g/mol. The highest BCUT2D eigenvalue weighted by Gasteiger charge is 2.23. The van der Waals surface area contributed by atoms with Gasteiger partial charge in [0.1, 0.15) is 5.69 Å². The fourth-order valence-electron chi connectivity index (χ4n) is 2.67. The molecule has 2 atom stereocenters. The highest BCUT2D eigenvalue weighted by molar-refractivity contribution is 5.51. The van der Waals surface area contributed by atoms with Crippen LogP contribution in [-0.4, -0.2) is 45.3 Å². The van der Waals surface area contributed by atoms with E-state index in [4.69, 9.17) is 0 Å². The van der Waals surface area contributed by atoms with E-state index < -0.39 is 0 Å². The zero-order valence-corrected chi connectivity index (χ0v) is 12.1. The first kappa shape index (κ1) is 13.1. The Morgan fingerprint density at radius 2 is 1.90 bits per heavy atom. The van der Waals surface area contributed by atoms with Crippen LogP contribution in [0, 0.1) is 6.92 Å². The van der Waals surface area contributed by atoms with Crippen LogP contribution in [0.2, 0.25) is 0 Å². The van der Waals surface area contributed by atoms with Gasteiger partial charge in [-0.1, -0.05) is 6.07 Å². The molecule has 0 bridgehead atoms. The zero-order valence-electron chi connectivity index (χ0n) is 12.1. The molecule has 1 fully saturated rings. The van der Waals surface area contributed by atoms with Gasteiger partial charge in [-0.15, -0.1) is 5.10 Å². The van der Waals surface area contributed by atoms with Crippen molar-refractivity contribution in [1.29, 1.82) is 0 Å². The van der Waals surface area contributed by atoms with E-state index in [0.717, 1.165) is 36.3 Å². The third-order valence-corrected chi connectivity index (χ3v) is 3.44. The summed E-state index contributed by atoms with van der Waals surface area (Å²) < 4.78 is 0. The number of hydrogen-bond donors (Lipinski definition) is 2. The fourth-order valence-corrected chi connectivity index (χ4v) is 2.67. The molecule has 1 aliphatic rings. The Balaban J connectivity index is 1.83. The number of aromatic nitrogens is 4. The van der Waals surface area contributed by atoms with Crippen LogP contribution in [-0.2, 0) is 0 Å². The molecule has 2 N–H and O–H groups in total. The minimum atomic E-state index is 0.442. The molecule has 1 aliphatic heterocycles. The maximum absolute atomic E-state index is 4.58. The van der Waals surface area contributed by atoms with Crippen LogP contribution in [0.1, 0.15) is 19.5 Å². The summed E-state index contributed by atoms with van der Waals surface area (Å²) in [5.74, 6) is 1.48. The minimum absolute atomic E-state index is 0.442. The second-order valence-corrected chi connectivity index (χ2v) is 5.52. The first-order valence-corrected chi connectivity index (χ1v) is 6.99. The maximum Gasteiger partial charge on any atom is 0.245 e. The van der Waals surface area contributed by atoms with Crippen molar-refractivity contribution in [3.05, 3.63) is 23.9 Å². The molecule has 20 heavy (non-hydrogen) atoms. The molecule has 2 aromatic heterocycles. The third kappa shape index (κ3) is 2.65. The molecule has 106 valence electrons. The average Bonchev–Trinajstić information content (AvgIpc) is 2.87. The highest BCUT2D eigenvalue weighted by atomic mass is 15.4. The number of rotatable bonds is 2. The van der Waals surface area contributed by atoms with Gasteiger partial charge in [0.2, 0.25) is 5.95 Å². The Hall–Kier alpha value is -1.95. The van der Waals surface area contributed by atoms with E-state index in [1.54, 1.807) is 0 Å². The number of nitrogens with zero attached hydrogens (tertiary/aromatic N) is 4. The van der Waals surface area contributed by atoms with Gasteiger partial charge in [-0.2, -0.15) is 4.98 Å². The van der Waals surface area contributed by atoms with Crippen LogP contribution >= 0.6 is 0 Å². The lowest BCUT2D eigenvalue weighted by Crippen LogP contribution is -2.54. The summed E-state index contributed by atoms with van der Waals surface area (Å²) in [6.45, 7) is 8.17. The summed E-state index contributed by atoms with van der Waals surface area (Å²) in [4.78, 5) is 11.3. The standard InChI is InChI=1S/C14H20N6/c1-9-5-4-6-12(16-9)13-17-14(19-18-13)20-7-10(2)15-11(3)8-20/h4-6,10-11,15H,7-8H2,1-3H3,(H,17,18,19). The van der Waals surface area contributed by atoms with E-state index in [9.17, 15) is 0 Å². The lowest BCUT2D eigenvalue weighted by molar-refractivity contribution is 0.403. The number of aryl methyl sites for hydroxylation is 1. The number of H-pyrrole nitrogens is 1. The van der Waals surface area contributed by atoms with E-state index in [1.165, 1.54) is 0 Å². The summed E-state index contributed by atoms with van der Waals surface area (Å²) in [7, 11) is 0. The van der Waals surface area contributed by atoms with Gasteiger partial charge >= 0.3 is 0 Å². The monoisotopic (exact) mass is 272 g/mol. The van der Waals surface area contributed by atoms with E-state index >= 15 is 0 Å². The number of pyridine rings is 1. The topological polar surface area (TPSA) is 69.7 Å². The molecule has 0 radical (unpaired) electrons. The van der Waals surface area contributed by atoms with E-state index in [0.29, 0.717) is 12.1 Å². The lowest BCUT2D eigenvalue weighted by atomic mass is 10.1. The molecule has 0 spiro atoms. The van der Waals surface area contributed by atoms with Crippen LogP contribution in [0.4, 0.5) is 5.95 Å². The van der Waals surface area contributed by atoms with Crippen LogP contribution < -0.4 is 10.2 Å². The van der Waals surface area contributed by atoms with Crippen molar-refractivity contribution < 1.29 is 0 Å². The predicted octanol–water partition coefficient (Wildman–Crippen LogP) is 1.36. The molecule has 3 rings (SSSR count). The van der Waals surface area contributed by atoms with Crippen molar-refractivity contribution in [3.63, 3.8) is 0 Å². The van der Waals surface area contributed by atoms with Crippen LogP contribution in [0.25, 0.3) is 11.5 Å². The molecule has 3 heterocycles. The molecule has 0 aromatic carbocycles. The number of anilines is 1. The normalized spacial score (nSPS) is 23.1. The Labute approximate surface area is 118 Å². The number of aromatic amines is 1. The van der Waals surface area contributed by atoms with Crippen molar-refractivity contribution in [2.75, 3.05) is 18.0 Å². The largest absolute Gasteiger partial charge is 0.336 e. The van der Waals surface area contributed by atoms with Gasteiger partial charge in [-0.25, -0.2) is 4.98 Å². The second-order valence-electron chi connectivity index (χ2n) is 5.52. The van der Waals surface area contributed by atoms with Gasteiger partial charge in [0.15, 0.2) is 5.82 Å². The van der Waals surface area contributed by atoms with E-state index in [2.05, 4.69) is 44.2 Å². The smallest absolute Gasteiger partial charge is 0.245 e. The molecule has 0 aliphatic carbocycles. The Morgan fingerprint density at radius 3 is 2.60 bits per heavy atom. The SMILES string of the molecule is Cc1cccc(-c2nc(N3CC(C)NC(C)C3)n[nH]2)n1. The zero-order chi connectivity index (χ0) is 14.1. The Kier molecular flexibility index (Phi) is 3.40. The summed E-state index contributed by atoms with van der Waals surface area (Å²) in [6.07, 6.45) is 0. The van der Waals surface area contributed by atoms with Gasteiger partial charge in [-0.05, 0) is 32.9 Å². The first-order chi connectivity index (χ1) is 9.61. The van der Waals surface area contributed by atoms with E-state index in [-0.39, 0.29) is 0 Å². The second kappa shape index (κ2) is 5.20. The molecule has 0 amide bonds. The van der Waals surface area contributed by atoms with Gasteiger partial charge in [0, 0.05) is 30.9 Å². The van der Waals surface area contributed by atoms with Crippen molar-refractivity contribution >= 4 is 5.95 Å². The molecule has 2 unspecified atom stereocenters. The first-order valence-electron chi connectivity index (χ1n) is 6.99. The summed E-state index contributed by atoms with van der Waals surface area (Å²) >= 11 is 0. The van der Waals surface area contributed by atoms with Gasteiger partial charge in [-0.3, -0.25) is 5.10 Å². The summed E-state index contributed by atoms with van der Waals surface area (Å²) in [5.41, 5.74) is 1.81. The van der Waals surface area contributed by atoms with Crippen molar-refractivity contribution in [3.8, 4) is 11.5 Å².